The highest BCUT2D eigenvalue weighted by molar-refractivity contribution is 5.92. The molecule has 148 valence electrons. The molecule has 1 fully saturated rings. The molecule has 0 aliphatic carbocycles. The fourth-order valence-electron chi connectivity index (χ4n) is 3.52. The summed E-state index contributed by atoms with van der Waals surface area (Å²) in [7, 11) is 1.85. The van der Waals surface area contributed by atoms with Gasteiger partial charge in [0.05, 0.1) is 17.9 Å². The van der Waals surface area contributed by atoms with Crippen molar-refractivity contribution in [3.8, 4) is 0 Å². The van der Waals surface area contributed by atoms with Crippen molar-refractivity contribution in [2.45, 2.75) is 25.8 Å². The van der Waals surface area contributed by atoms with E-state index in [0.29, 0.717) is 18.2 Å². The minimum Gasteiger partial charge on any atom is -0.331 e. The van der Waals surface area contributed by atoms with Crippen molar-refractivity contribution in [3.63, 3.8) is 0 Å². The molecule has 8 nitrogen and oxygen atoms in total. The van der Waals surface area contributed by atoms with E-state index < -0.39 is 0 Å². The molecule has 0 aromatic carbocycles. The van der Waals surface area contributed by atoms with E-state index in [1.807, 2.05) is 49.3 Å². The highest BCUT2D eigenvalue weighted by Crippen LogP contribution is 2.32. The summed E-state index contributed by atoms with van der Waals surface area (Å²) in [6.07, 6.45) is 10.6. The van der Waals surface area contributed by atoms with E-state index in [1.54, 1.807) is 29.2 Å². The van der Waals surface area contributed by atoms with Crippen LogP contribution in [0.3, 0.4) is 0 Å². The second kappa shape index (κ2) is 8.22. The normalized spacial score (nSPS) is 16.5. The fourth-order valence-corrected chi connectivity index (χ4v) is 3.52. The van der Waals surface area contributed by atoms with Crippen LogP contribution in [-0.4, -0.2) is 42.1 Å². The molecule has 1 atom stereocenters. The van der Waals surface area contributed by atoms with Gasteiger partial charge in [-0.3, -0.25) is 9.48 Å². The topological polar surface area (TPSA) is 88.8 Å². The number of carbonyl (C=O) groups excluding carboxylic acids is 1. The summed E-state index contributed by atoms with van der Waals surface area (Å²) >= 11 is 0. The highest BCUT2D eigenvalue weighted by Gasteiger charge is 2.30. The average Bonchev–Trinajstić information content (AvgIpc) is 3.35. The Morgan fingerprint density at radius 1 is 1.28 bits per heavy atom. The van der Waals surface area contributed by atoms with Gasteiger partial charge in [0.25, 0.3) is 0 Å². The van der Waals surface area contributed by atoms with E-state index in [2.05, 4.69) is 25.4 Å². The van der Waals surface area contributed by atoms with Gasteiger partial charge in [-0.05, 0) is 38.0 Å². The van der Waals surface area contributed by atoms with E-state index >= 15 is 0 Å². The van der Waals surface area contributed by atoms with Crippen LogP contribution in [0.5, 0.6) is 0 Å². The zero-order chi connectivity index (χ0) is 20.2. The van der Waals surface area contributed by atoms with Crippen LogP contribution >= 0.6 is 0 Å². The fraction of sp³-hybridized carbons (Fsp3) is 0.286. The molecule has 0 saturated carbocycles. The monoisotopic (exact) mass is 389 g/mol. The minimum absolute atomic E-state index is 0.0214. The van der Waals surface area contributed by atoms with Gasteiger partial charge in [0.15, 0.2) is 0 Å². The molecule has 0 radical (unpaired) electrons. The number of amides is 1. The zero-order valence-electron chi connectivity index (χ0n) is 16.5. The van der Waals surface area contributed by atoms with Crippen LogP contribution in [0.25, 0.3) is 6.08 Å². The van der Waals surface area contributed by atoms with E-state index in [9.17, 15) is 4.79 Å². The first-order valence-corrected chi connectivity index (χ1v) is 9.59. The standard InChI is InChI=1S/C21H23N7O/c1-15-24-17(12-20(25-15)26-19-7-3-4-10-22-19)18-6-5-11-28(18)21(29)9-8-16-13-23-27(2)14-16/h3-4,7-10,12-14,18H,5-6,11H2,1-2H3,(H,22,24,25,26)/b9-8+. The maximum atomic E-state index is 12.8. The summed E-state index contributed by atoms with van der Waals surface area (Å²) in [5, 5.41) is 7.33. The Bertz CT molecular complexity index is 1030. The van der Waals surface area contributed by atoms with E-state index in [0.717, 1.165) is 29.9 Å². The van der Waals surface area contributed by atoms with Gasteiger partial charge in [-0.15, -0.1) is 0 Å². The molecular weight excluding hydrogens is 366 g/mol. The number of hydrogen-bond donors (Lipinski definition) is 1. The van der Waals surface area contributed by atoms with Crippen LogP contribution in [-0.2, 0) is 11.8 Å². The van der Waals surface area contributed by atoms with Crippen LogP contribution in [0.4, 0.5) is 11.6 Å². The van der Waals surface area contributed by atoms with E-state index in [1.165, 1.54) is 0 Å². The minimum atomic E-state index is -0.0629. The Labute approximate surface area is 169 Å². The SMILES string of the molecule is Cc1nc(Nc2ccccn2)cc(C2CCCN2C(=O)/C=C/c2cnn(C)c2)n1. The van der Waals surface area contributed by atoms with Gasteiger partial charge in [0.2, 0.25) is 5.91 Å². The molecule has 1 saturated heterocycles. The van der Waals surface area contributed by atoms with Crippen molar-refractivity contribution >= 4 is 23.6 Å². The van der Waals surface area contributed by atoms with Crippen LogP contribution in [0.1, 0.15) is 36.0 Å². The van der Waals surface area contributed by atoms with Gasteiger partial charge >= 0.3 is 0 Å². The molecule has 0 bridgehead atoms. The number of pyridine rings is 1. The smallest absolute Gasteiger partial charge is 0.247 e. The summed E-state index contributed by atoms with van der Waals surface area (Å²) in [6.45, 7) is 2.57. The maximum absolute atomic E-state index is 12.8. The first kappa shape index (κ1) is 18.8. The summed E-state index contributed by atoms with van der Waals surface area (Å²) in [6, 6.07) is 7.50. The van der Waals surface area contributed by atoms with Gasteiger partial charge in [0.1, 0.15) is 17.5 Å². The summed E-state index contributed by atoms with van der Waals surface area (Å²) in [5.74, 6) is 2.03. The third-order valence-electron chi connectivity index (χ3n) is 4.80. The molecule has 1 N–H and O–H groups in total. The Kier molecular flexibility index (Phi) is 5.33. The number of anilines is 2. The molecule has 1 amide bonds. The lowest BCUT2D eigenvalue weighted by Crippen LogP contribution is -2.29. The molecule has 29 heavy (non-hydrogen) atoms. The Morgan fingerprint density at radius 3 is 2.93 bits per heavy atom. The summed E-state index contributed by atoms with van der Waals surface area (Å²) < 4.78 is 1.71. The zero-order valence-corrected chi connectivity index (χ0v) is 16.5. The molecular formula is C21H23N7O. The molecule has 1 unspecified atom stereocenters. The van der Waals surface area contributed by atoms with Crippen molar-refractivity contribution in [1.29, 1.82) is 0 Å². The lowest BCUT2D eigenvalue weighted by Gasteiger charge is -2.23. The number of nitrogens with zero attached hydrogens (tertiary/aromatic N) is 6. The lowest BCUT2D eigenvalue weighted by molar-refractivity contribution is -0.126. The number of nitrogens with one attached hydrogen (secondary N) is 1. The maximum Gasteiger partial charge on any atom is 0.247 e. The quantitative estimate of drug-likeness (QED) is 0.675. The summed E-state index contributed by atoms with van der Waals surface area (Å²) in [5.41, 5.74) is 1.74. The van der Waals surface area contributed by atoms with Gasteiger partial charge in [-0.1, -0.05) is 6.07 Å². The molecule has 1 aliphatic heterocycles. The Hall–Kier alpha value is -3.55. The Balaban J connectivity index is 1.53. The van der Waals surface area contributed by atoms with Gasteiger partial charge in [0, 0.05) is 43.7 Å². The van der Waals surface area contributed by atoms with Crippen LogP contribution in [0.2, 0.25) is 0 Å². The van der Waals surface area contributed by atoms with Crippen LogP contribution in [0, 0.1) is 6.92 Å². The van der Waals surface area contributed by atoms with Crippen molar-refractivity contribution in [3.05, 3.63) is 66.0 Å². The largest absolute Gasteiger partial charge is 0.331 e. The molecule has 3 aromatic heterocycles. The number of likely N-dealkylation sites (tertiary alicyclic amines) is 1. The van der Waals surface area contributed by atoms with Crippen LogP contribution in [0.15, 0.2) is 48.9 Å². The lowest BCUT2D eigenvalue weighted by atomic mass is 10.1. The predicted molar refractivity (Wildman–Crippen MR) is 110 cm³/mol. The third kappa shape index (κ3) is 4.48. The van der Waals surface area contributed by atoms with Crippen molar-refractivity contribution in [2.75, 3.05) is 11.9 Å². The predicted octanol–water partition coefficient (Wildman–Crippen LogP) is 3.03. The third-order valence-corrected chi connectivity index (χ3v) is 4.80. The number of hydrogen-bond acceptors (Lipinski definition) is 6. The number of rotatable bonds is 5. The van der Waals surface area contributed by atoms with Crippen molar-refractivity contribution in [1.82, 2.24) is 29.6 Å². The first-order valence-electron chi connectivity index (χ1n) is 9.59. The highest BCUT2D eigenvalue weighted by atomic mass is 16.2. The molecule has 0 spiro atoms. The van der Waals surface area contributed by atoms with Crippen molar-refractivity contribution in [2.24, 2.45) is 7.05 Å². The molecule has 3 aromatic rings. The average molecular weight is 389 g/mol. The van der Waals surface area contributed by atoms with Crippen molar-refractivity contribution < 1.29 is 4.79 Å². The molecule has 8 heteroatoms. The summed E-state index contributed by atoms with van der Waals surface area (Å²) in [4.78, 5) is 28.0. The second-order valence-corrected chi connectivity index (χ2v) is 7.04. The van der Waals surface area contributed by atoms with Gasteiger partial charge in [-0.2, -0.15) is 5.10 Å². The Morgan fingerprint density at radius 2 is 2.17 bits per heavy atom. The second-order valence-electron chi connectivity index (χ2n) is 7.04. The number of aromatic nitrogens is 5. The number of carbonyl (C=O) groups is 1. The van der Waals surface area contributed by atoms with Gasteiger partial charge in [-0.25, -0.2) is 15.0 Å². The molecule has 4 heterocycles. The van der Waals surface area contributed by atoms with E-state index in [-0.39, 0.29) is 11.9 Å². The van der Waals surface area contributed by atoms with E-state index in [4.69, 9.17) is 0 Å². The molecule has 4 rings (SSSR count). The molecule has 1 aliphatic rings. The number of aryl methyl sites for hydroxylation is 2. The van der Waals surface area contributed by atoms with Gasteiger partial charge < -0.3 is 10.2 Å². The first-order chi connectivity index (χ1) is 14.1. The van der Waals surface area contributed by atoms with Crippen LogP contribution < -0.4 is 5.32 Å².